The van der Waals surface area contributed by atoms with E-state index in [2.05, 4.69) is 26.1 Å². The van der Waals surface area contributed by atoms with Crippen molar-refractivity contribution in [2.24, 2.45) is 17.1 Å². The molecule has 2 rings (SSSR count). The molecule has 1 amide bonds. The molecule has 3 nitrogen and oxygen atoms in total. The van der Waals surface area contributed by atoms with Crippen molar-refractivity contribution in [2.45, 2.75) is 52.6 Å². The Morgan fingerprint density at radius 3 is 2.80 bits per heavy atom. The maximum atomic E-state index is 11.2. The molecule has 1 aromatic rings. The highest BCUT2D eigenvalue weighted by Gasteiger charge is 2.31. The molecule has 0 radical (unpaired) electrons. The van der Waals surface area contributed by atoms with E-state index >= 15 is 0 Å². The first-order chi connectivity index (χ1) is 9.35. The fraction of sp³-hybridized carbons (Fsp3) is 0.588. The van der Waals surface area contributed by atoms with Gasteiger partial charge in [0.25, 0.3) is 0 Å². The van der Waals surface area contributed by atoms with Crippen molar-refractivity contribution >= 4 is 5.91 Å². The number of carbonyl (C=O) groups is 1. The number of amides is 1. The number of nitrogens with two attached hydrogens (primary N) is 1. The molecule has 1 aliphatic carbocycles. The number of carbonyl (C=O) groups excluding carboxylic acids is 1. The van der Waals surface area contributed by atoms with E-state index in [-0.39, 0.29) is 5.91 Å². The minimum Gasteiger partial charge on any atom is -0.366 e. The first-order valence-electron chi connectivity index (χ1n) is 7.48. The predicted octanol–water partition coefficient (Wildman–Crippen LogP) is 3.09. The quantitative estimate of drug-likeness (QED) is 0.886. The number of hydrogen-bond donors (Lipinski definition) is 2. The summed E-state index contributed by atoms with van der Waals surface area (Å²) in [6.07, 6.45) is 3.76. The third kappa shape index (κ3) is 4.07. The topological polar surface area (TPSA) is 55.1 Å². The molecule has 0 aliphatic heterocycles. The van der Waals surface area contributed by atoms with Gasteiger partial charge in [-0.25, -0.2) is 0 Å². The molecule has 3 heteroatoms. The smallest absolute Gasteiger partial charge is 0.248 e. The van der Waals surface area contributed by atoms with Gasteiger partial charge in [0.1, 0.15) is 0 Å². The predicted molar refractivity (Wildman–Crippen MR) is 82.4 cm³/mol. The molecule has 2 unspecified atom stereocenters. The molecule has 20 heavy (non-hydrogen) atoms. The molecule has 1 saturated carbocycles. The van der Waals surface area contributed by atoms with Crippen molar-refractivity contribution < 1.29 is 4.79 Å². The van der Waals surface area contributed by atoms with Crippen molar-refractivity contribution in [2.75, 3.05) is 0 Å². The zero-order valence-corrected chi connectivity index (χ0v) is 12.8. The van der Waals surface area contributed by atoms with Crippen LogP contribution in [0.5, 0.6) is 0 Å². The molecule has 0 saturated heterocycles. The lowest BCUT2D eigenvalue weighted by Crippen LogP contribution is -2.39. The normalized spacial score (nSPS) is 25.4. The van der Waals surface area contributed by atoms with Gasteiger partial charge in [-0.3, -0.25) is 4.79 Å². The minimum atomic E-state index is -0.362. The molecular weight excluding hydrogens is 248 g/mol. The molecule has 0 heterocycles. The van der Waals surface area contributed by atoms with E-state index in [4.69, 9.17) is 5.73 Å². The molecule has 110 valence electrons. The Morgan fingerprint density at radius 1 is 1.40 bits per heavy atom. The maximum absolute atomic E-state index is 11.2. The van der Waals surface area contributed by atoms with Crippen LogP contribution >= 0.6 is 0 Å². The zero-order chi connectivity index (χ0) is 14.8. The summed E-state index contributed by atoms with van der Waals surface area (Å²) in [5.41, 5.74) is 7.44. The van der Waals surface area contributed by atoms with Crippen LogP contribution in [0.1, 0.15) is 56.0 Å². The molecular formula is C17H26N2O. The summed E-state index contributed by atoms with van der Waals surface area (Å²) >= 11 is 0. The van der Waals surface area contributed by atoms with Gasteiger partial charge in [0, 0.05) is 18.2 Å². The fourth-order valence-corrected chi connectivity index (χ4v) is 3.60. The van der Waals surface area contributed by atoms with Crippen LogP contribution in [-0.4, -0.2) is 11.9 Å². The Bertz CT molecular complexity index is 482. The summed E-state index contributed by atoms with van der Waals surface area (Å²) < 4.78 is 0. The van der Waals surface area contributed by atoms with Crippen molar-refractivity contribution in [1.29, 1.82) is 0 Å². The number of nitrogens with one attached hydrogen (secondary N) is 1. The van der Waals surface area contributed by atoms with Gasteiger partial charge in [-0.2, -0.15) is 0 Å². The van der Waals surface area contributed by atoms with Crippen LogP contribution in [0.25, 0.3) is 0 Å². The highest BCUT2D eigenvalue weighted by Crippen LogP contribution is 2.38. The van der Waals surface area contributed by atoms with Crippen LogP contribution in [0.15, 0.2) is 24.3 Å². The Labute approximate surface area is 121 Å². The second-order valence-electron chi connectivity index (χ2n) is 7.06. The van der Waals surface area contributed by atoms with Crippen LogP contribution in [0.2, 0.25) is 0 Å². The number of benzene rings is 1. The molecule has 1 fully saturated rings. The summed E-state index contributed by atoms with van der Waals surface area (Å²) in [6, 6.07) is 8.14. The van der Waals surface area contributed by atoms with Gasteiger partial charge in [0.2, 0.25) is 5.91 Å². The van der Waals surface area contributed by atoms with Crippen molar-refractivity contribution in [1.82, 2.24) is 5.32 Å². The van der Waals surface area contributed by atoms with Crippen molar-refractivity contribution in [3.05, 3.63) is 35.4 Å². The Kier molecular flexibility index (Phi) is 4.48. The average Bonchev–Trinajstić information content (AvgIpc) is 2.34. The van der Waals surface area contributed by atoms with Crippen LogP contribution < -0.4 is 11.1 Å². The summed E-state index contributed by atoms with van der Waals surface area (Å²) in [5.74, 6) is 0.410. The van der Waals surface area contributed by atoms with Gasteiger partial charge < -0.3 is 11.1 Å². The SMILES string of the molecule is CC1CC(NCc2cccc(C(N)=O)c2)CC(C)(C)C1. The van der Waals surface area contributed by atoms with Gasteiger partial charge in [-0.05, 0) is 48.3 Å². The summed E-state index contributed by atoms with van der Waals surface area (Å²) in [5, 5.41) is 3.64. The van der Waals surface area contributed by atoms with E-state index in [0.717, 1.165) is 18.0 Å². The van der Waals surface area contributed by atoms with E-state index in [1.165, 1.54) is 19.3 Å². The average molecular weight is 274 g/mol. The van der Waals surface area contributed by atoms with E-state index in [1.54, 1.807) is 6.07 Å². The summed E-state index contributed by atoms with van der Waals surface area (Å²) in [6.45, 7) is 7.84. The highest BCUT2D eigenvalue weighted by atomic mass is 16.1. The molecule has 2 atom stereocenters. The van der Waals surface area contributed by atoms with Gasteiger partial charge in [-0.1, -0.05) is 32.9 Å². The van der Waals surface area contributed by atoms with Crippen molar-refractivity contribution in [3.63, 3.8) is 0 Å². The first-order valence-corrected chi connectivity index (χ1v) is 7.48. The lowest BCUT2D eigenvalue weighted by molar-refractivity contribution is 0.1000. The Balaban J connectivity index is 1.95. The molecule has 1 aromatic carbocycles. The van der Waals surface area contributed by atoms with Crippen molar-refractivity contribution in [3.8, 4) is 0 Å². The number of rotatable bonds is 4. The standard InChI is InChI=1S/C17H26N2O/c1-12-7-15(10-17(2,3)9-12)19-11-13-5-4-6-14(8-13)16(18)20/h4-6,8,12,15,19H,7,9-11H2,1-3H3,(H2,18,20). The molecule has 1 aliphatic rings. The summed E-state index contributed by atoms with van der Waals surface area (Å²) in [4.78, 5) is 11.2. The third-order valence-electron chi connectivity index (χ3n) is 4.19. The lowest BCUT2D eigenvalue weighted by atomic mass is 9.70. The second-order valence-corrected chi connectivity index (χ2v) is 7.06. The van der Waals surface area contributed by atoms with Gasteiger partial charge in [-0.15, -0.1) is 0 Å². The maximum Gasteiger partial charge on any atom is 0.248 e. The zero-order valence-electron chi connectivity index (χ0n) is 12.8. The van der Waals surface area contributed by atoms with Gasteiger partial charge in [0.05, 0.1) is 0 Å². The largest absolute Gasteiger partial charge is 0.366 e. The number of primary amides is 1. The van der Waals surface area contributed by atoms with E-state index in [1.807, 2.05) is 18.2 Å². The van der Waals surface area contributed by atoms with Gasteiger partial charge in [0.15, 0.2) is 0 Å². The van der Waals surface area contributed by atoms with Crippen LogP contribution in [0.3, 0.4) is 0 Å². The highest BCUT2D eigenvalue weighted by molar-refractivity contribution is 5.92. The molecule has 0 spiro atoms. The van der Waals surface area contributed by atoms with Crippen LogP contribution in [-0.2, 0) is 6.54 Å². The summed E-state index contributed by atoms with van der Waals surface area (Å²) in [7, 11) is 0. The number of hydrogen-bond acceptors (Lipinski definition) is 2. The fourth-order valence-electron chi connectivity index (χ4n) is 3.60. The van der Waals surface area contributed by atoms with Crippen LogP contribution in [0, 0.1) is 11.3 Å². The Hall–Kier alpha value is -1.35. The van der Waals surface area contributed by atoms with E-state index < -0.39 is 0 Å². The monoisotopic (exact) mass is 274 g/mol. The minimum absolute atomic E-state index is 0.362. The molecule has 0 bridgehead atoms. The first kappa shape index (κ1) is 15.0. The molecule has 0 aromatic heterocycles. The van der Waals surface area contributed by atoms with E-state index in [9.17, 15) is 4.79 Å². The second kappa shape index (κ2) is 5.96. The lowest BCUT2D eigenvalue weighted by Gasteiger charge is -2.39. The van der Waals surface area contributed by atoms with Gasteiger partial charge >= 0.3 is 0 Å². The van der Waals surface area contributed by atoms with Crippen LogP contribution in [0.4, 0.5) is 0 Å². The van der Waals surface area contributed by atoms with E-state index in [0.29, 0.717) is 17.0 Å². The third-order valence-corrected chi connectivity index (χ3v) is 4.19. The Morgan fingerprint density at radius 2 is 2.15 bits per heavy atom. The molecule has 3 N–H and O–H groups in total.